The molecule has 3 heteroatoms. The average molecular weight is 150 g/mol. The Morgan fingerprint density at radius 3 is 2.55 bits per heavy atom. The van der Waals surface area contributed by atoms with Crippen molar-refractivity contribution in [2.45, 2.75) is 13.8 Å². The highest BCUT2D eigenvalue weighted by molar-refractivity contribution is 5.77. The third-order valence-corrected chi connectivity index (χ3v) is 1.72. The van der Waals surface area contributed by atoms with Crippen LogP contribution in [0.2, 0.25) is 0 Å². The van der Waals surface area contributed by atoms with Gasteiger partial charge in [0, 0.05) is 6.20 Å². The monoisotopic (exact) mass is 150 g/mol. The van der Waals surface area contributed by atoms with Gasteiger partial charge in [-0.05, 0) is 25.0 Å². The molecular weight excluding hydrogens is 142 g/mol. The van der Waals surface area contributed by atoms with Crippen LogP contribution in [-0.2, 0) is 4.79 Å². The van der Waals surface area contributed by atoms with Crippen LogP contribution in [0.3, 0.4) is 0 Å². The lowest BCUT2D eigenvalue weighted by Crippen LogP contribution is -2.14. The second kappa shape index (κ2) is 2.70. The first-order valence-electron chi connectivity index (χ1n) is 3.24. The quantitative estimate of drug-likeness (QED) is 0.631. The zero-order chi connectivity index (χ0) is 8.43. The van der Waals surface area contributed by atoms with Crippen molar-refractivity contribution < 1.29 is 4.79 Å². The first-order valence-corrected chi connectivity index (χ1v) is 3.24. The molecule has 1 radical (unpaired) electrons. The van der Waals surface area contributed by atoms with E-state index >= 15 is 0 Å². The predicted octanol–water partition coefficient (Wildman–Crippen LogP) is 0.450. The largest absolute Gasteiger partial charge is 0.328 e. The molecule has 0 bridgehead atoms. The van der Waals surface area contributed by atoms with E-state index in [0.29, 0.717) is 5.56 Å². The van der Waals surface area contributed by atoms with Gasteiger partial charge in [-0.2, -0.15) is 0 Å². The second-order valence-electron chi connectivity index (χ2n) is 2.40. The number of aromatic nitrogens is 1. The third-order valence-electron chi connectivity index (χ3n) is 1.72. The van der Waals surface area contributed by atoms with E-state index in [-0.39, 0.29) is 11.1 Å². The maximum Gasteiger partial charge on any atom is 0.259 e. The molecule has 1 aromatic heterocycles. The molecule has 57 valence electrons. The van der Waals surface area contributed by atoms with Crippen molar-refractivity contribution in [3.8, 4) is 0 Å². The van der Waals surface area contributed by atoms with Crippen molar-refractivity contribution in [2.75, 3.05) is 0 Å². The molecule has 0 amide bonds. The standard InChI is InChI=1S/C8H8NO2/c1-5-3-9-8(11)7(4-10)6(5)2/h3H,1-2H3,(H,9,11). The van der Waals surface area contributed by atoms with Gasteiger partial charge in [0.25, 0.3) is 5.56 Å². The zero-order valence-corrected chi connectivity index (χ0v) is 6.39. The topological polar surface area (TPSA) is 49.9 Å². The molecular formula is C8H8NO2. The Balaban J connectivity index is 3.53. The summed E-state index contributed by atoms with van der Waals surface area (Å²) in [5.74, 6) is 0. The number of pyridine rings is 1. The highest BCUT2D eigenvalue weighted by Gasteiger charge is 2.04. The smallest absolute Gasteiger partial charge is 0.259 e. The molecule has 0 spiro atoms. The molecule has 0 aromatic carbocycles. The molecule has 0 unspecified atom stereocenters. The Morgan fingerprint density at radius 2 is 2.09 bits per heavy atom. The summed E-state index contributed by atoms with van der Waals surface area (Å²) in [6.45, 7) is 3.55. The molecule has 3 nitrogen and oxygen atoms in total. The highest BCUT2D eigenvalue weighted by Crippen LogP contribution is 2.03. The fraction of sp³-hybridized carbons (Fsp3) is 0.250. The van der Waals surface area contributed by atoms with Crippen molar-refractivity contribution in [1.82, 2.24) is 4.98 Å². The van der Waals surface area contributed by atoms with E-state index in [1.807, 2.05) is 6.92 Å². The van der Waals surface area contributed by atoms with Gasteiger partial charge in [-0.25, -0.2) is 0 Å². The van der Waals surface area contributed by atoms with E-state index in [9.17, 15) is 9.59 Å². The van der Waals surface area contributed by atoms with E-state index in [0.717, 1.165) is 5.56 Å². The van der Waals surface area contributed by atoms with Gasteiger partial charge in [-0.15, -0.1) is 0 Å². The predicted molar refractivity (Wildman–Crippen MR) is 41.3 cm³/mol. The molecule has 1 heterocycles. The average Bonchev–Trinajstić information content (AvgIpc) is 1.99. The Kier molecular flexibility index (Phi) is 1.89. The molecule has 0 fully saturated rings. The summed E-state index contributed by atoms with van der Waals surface area (Å²) in [6, 6.07) is 0. The first-order chi connectivity index (χ1) is 5.16. The molecule has 0 saturated carbocycles. The number of hydrogen-bond acceptors (Lipinski definition) is 2. The summed E-state index contributed by atoms with van der Waals surface area (Å²) in [7, 11) is 0. The van der Waals surface area contributed by atoms with Gasteiger partial charge >= 0.3 is 0 Å². The third kappa shape index (κ3) is 1.22. The van der Waals surface area contributed by atoms with Gasteiger partial charge in [0.2, 0.25) is 6.29 Å². The van der Waals surface area contributed by atoms with Crippen LogP contribution in [0.1, 0.15) is 16.7 Å². The lowest BCUT2D eigenvalue weighted by atomic mass is 10.1. The molecule has 0 saturated heterocycles. The van der Waals surface area contributed by atoms with Crippen molar-refractivity contribution in [1.29, 1.82) is 0 Å². The van der Waals surface area contributed by atoms with Gasteiger partial charge < -0.3 is 4.98 Å². The van der Waals surface area contributed by atoms with Crippen LogP contribution >= 0.6 is 0 Å². The first kappa shape index (κ1) is 7.72. The van der Waals surface area contributed by atoms with Gasteiger partial charge in [0.05, 0.1) is 5.56 Å². The SMILES string of the molecule is Cc1c[nH]c(=O)c([C]=O)c1C. The summed E-state index contributed by atoms with van der Waals surface area (Å²) >= 11 is 0. The molecule has 11 heavy (non-hydrogen) atoms. The normalized spacial score (nSPS) is 9.64. The number of aryl methyl sites for hydroxylation is 1. The highest BCUT2D eigenvalue weighted by atomic mass is 16.1. The van der Waals surface area contributed by atoms with Gasteiger partial charge in [-0.1, -0.05) is 0 Å². The van der Waals surface area contributed by atoms with Crippen molar-refractivity contribution >= 4 is 6.29 Å². The minimum absolute atomic E-state index is 0.102. The van der Waals surface area contributed by atoms with Crippen molar-refractivity contribution in [3.63, 3.8) is 0 Å². The Bertz CT molecular complexity index is 338. The lowest BCUT2D eigenvalue weighted by molar-refractivity contribution is 0.562. The van der Waals surface area contributed by atoms with Gasteiger partial charge in [0.15, 0.2) is 0 Å². The molecule has 0 aliphatic carbocycles. The number of carbonyl (C=O) groups excluding carboxylic acids is 1. The van der Waals surface area contributed by atoms with Crippen LogP contribution in [0.4, 0.5) is 0 Å². The van der Waals surface area contributed by atoms with Gasteiger partial charge in [-0.3, -0.25) is 9.59 Å². The van der Waals surface area contributed by atoms with E-state index in [2.05, 4.69) is 4.98 Å². The van der Waals surface area contributed by atoms with Crippen LogP contribution < -0.4 is 5.56 Å². The van der Waals surface area contributed by atoms with Crippen molar-refractivity contribution in [2.24, 2.45) is 0 Å². The van der Waals surface area contributed by atoms with E-state index in [1.54, 1.807) is 19.4 Å². The molecule has 0 aliphatic heterocycles. The summed E-state index contributed by atoms with van der Waals surface area (Å²) in [5.41, 5.74) is 1.32. The maximum atomic E-state index is 10.9. The zero-order valence-electron chi connectivity index (χ0n) is 6.39. The van der Waals surface area contributed by atoms with Crippen LogP contribution in [0.25, 0.3) is 0 Å². The molecule has 0 atom stereocenters. The van der Waals surface area contributed by atoms with Crippen LogP contribution in [0.5, 0.6) is 0 Å². The number of H-pyrrole nitrogens is 1. The lowest BCUT2D eigenvalue weighted by Gasteiger charge is -1.98. The Morgan fingerprint density at radius 1 is 1.45 bits per heavy atom. The second-order valence-corrected chi connectivity index (χ2v) is 2.40. The van der Waals surface area contributed by atoms with E-state index in [1.165, 1.54) is 0 Å². The minimum atomic E-state index is -0.372. The summed E-state index contributed by atoms with van der Waals surface area (Å²) in [6.07, 6.45) is 3.19. The van der Waals surface area contributed by atoms with Crippen LogP contribution in [0, 0.1) is 13.8 Å². The minimum Gasteiger partial charge on any atom is -0.328 e. The maximum absolute atomic E-state index is 10.9. The molecule has 1 N–H and O–H groups in total. The van der Waals surface area contributed by atoms with Crippen molar-refractivity contribution in [3.05, 3.63) is 33.2 Å². The fourth-order valence-corrected chi connectivity index (χ4v) is 0.845. The Hall–Kier alpha value is -1.38. The number of rotatable bonds is 1. The summed E-state index contributed by atoms with van der Waals surface area (Å²) in [5, 5.41) is 0. The van der Waals surface area contributed by atoms with Crippen LogP contribution in [0.15, 0.2) is 11.0 Å². The summed E-state index contributed by atoms with van der Waals surface area (Å²) < 4.78 is 0. The number of aromatic amines is 1. The number of hydrogen-bond donors (Lipinski definition) is 1. The molecule has 0 aliphatic rings. The number of nitrogens with one attached hydrogen (secondary N) is 1. The molecule has 1 aromatic rings. The van der Waals surface area contributed by atoms with E-state index < -0.39 is 0 Å². The molecule has 1 rings (SSSR count). The fourth-order valence-electron chi connectivity index (χ4n) is 0.845. The van der Waals surface area contributed by atoms with Crippen LogP contribution in [-0.4, -0.2) is 11.3 Å². The van der Waals surface area contributed by atoms with E-state index in [4.69, 9.17) is 0 Å². The Labute approximate surface area is 64.1 Å². The van der Waals surface area contributed by atoms with Gasteiger partial charge in [0.1, 0.15) is 0 Å². The summed E-state index contributed by atoms with van der Waals surface area (Å²) in [4.78, 5) is 23.6.